The van der Waals surface area contributed by atoms with Crippen molar-refractivity contribution in [1.82, 2.24) is 10.3 Å². The Bertz CT molecular complexity index is 427. The predicted octanol–water partition coefficient (Wildman–Crippen LogP) is 1.74. The molecule has 0 unspecified atom stereocenters. The third-order valence-corrected chi connectivity index (χ3v) is 3.12. The summed E-state index contributed by atoms with van der Waals surface area (Å²) in [5.74, 6) is 1.10. The Morgan fingerprint density at radius 1 is 1.39 bits per heavy atom. The van der Waals surface area contributed by atoms with Gasteiger partial charge in [0.05, 0.1) is 6.04 Å². The van der Waals surface area contributed by atoms with Gasteiger partial charge in [0.2, 0.25) is 5.91 Å². The molecule has 2 heterocycles. The number of carbonyl (C=O) groups excluding carboxylic acids is 1. The van der Waals surface area contributed by atoms with E-state index in [2.05, 4.69) is 21.3 Å². The molecule has 1 aromatic rings. The SMILES string of the molecule is Cc1ccc(N2CC(NC(=O)C(C)(C)C)C2)nc1. The molecular formula is C14H21N3O. The quantitative estimate of drug-likeness (QED) is 0.866. The lowest BCUT2D eigenvalue weighted by atomic mass is 9.94. The van der Waals surface area contributed by atoms with Gasteiger partial charge in [-0.15, -0.1) is 0 Å². The van der Waals surface area contributed by atoms with Crippen molar-refractivity contribution >= 4 is 11.7 Å². The topological polar surface area (TPSA) is 45.2 Å². The predicted molar refractivity (Wildman–Crippen MR) is 72.6 cm³/mol. The monoisotopic (exact) mass is 247 g/mol. The van der Waals surface area contributed by atoms with Crippen LogP contribution in [0.3, 0.4) is 0 Å². The highest BCUT2D eigenvalue weighted by atomic mass is 16.2. The smallest absolute Gasteiger partial charge is 0.225 e. The first-order valence-electron chi connectivity index (χ1n) is 6.35. The second-order valence-electron chi connectivity index (χ2n) is 6.02. The molecule has 1 aliphatic rings. The van der Waals surface area contributed by atoms with E-state index in [1.165, 1.54) is 0 Å². The first kappa shape index (κ1) is 12.9. The van der Waals surface area contributed by atoms with Crippen molar-refractivity contribution in [3.8, 4) is 0 Å². The molecule has 1 amide bonds. The van der Waals surface area contributed by atoms with Crippen LogP contribution >= 0.6 is 0 Å². The van der Waals surface area contributed by atoms with E-state index >= 15 is 0 Å². The number of rotatable bonds is 2. The summed E-state index contributed by atoms with van der Waals surface area (Å²) in [6.45, 7) is 9.51. The largest absolute Gasteiger partial charge is 0.352 e. The van der Waals surface area contributed by atoms with Gasteiger partial charge in [-0.1, -0.05) is 26.8 Å². The van der Waals surface area contributed by atoms with Gasteiger partial charge in [0.1, 0.15) is 5.82 Å². The second kappa shape index (κ2) is 4.59. The van der Waals surface area contributed by atoms with Gasteiger partial charge in [-0.2, -0.15) is 0 Å². The summed E-state index contributed by atoms with van der Waals surface area (Å²) in [7, 11) is 0. The number of amides is 1. The Balaban J connectivity index is 1.84. The molecule has 0 saturated carbocycles. The molecule has 0 atom stereocenters. The van der Waals surface area contributed by atoms with E-state index < -0.39 is 0 Å². The number of nitrogens with one attached hydrogen (secondary N) is 1. The van der Waals surface area contributed by atoms with Crippen molar-refractivity contribution in [2.45, 2.75) is 33.7 Å². The molecule has 1 saturated heterocycles. The summed E-state index contributed by atoms with van der Waals surface area (Å²) in [6, 6.07) is 4.33. The maximum Gasteiger partial charge on any atom is 0.225 e. The van der Waals surface area contributed by atoms with E-state index in [-0.39, 0.29) is 17.4 Å². The van der Waals surface area contributed by atoms with E-state index in [9.17, 15) is 4.79 Å². The van der Waals surface area contributed by atoms with Crippen LogP contribution in [0, 0.1) is 12.3 Å². The lowest BCUT2D eigenvalue weighted by Gasteiger charge is -2.41. The van der Waals surface area contributed by atoms with E-state index in [0.717, 1.165) is 24.5 Å². The number of anilines is 1. The second-order valence-corrected chi connectivity index (χ2v) is 6.02. The number of nitrogens with zero attached hydrogens (tertiary/aromatic N) is 2. The minimum atomic E-state index is -0.317. The maximum atomic E-state index is 11.8. The molecule has 4 nitrogen and oxygen atoms in total. The zero-order chi connectivity index (χ0) is 13.3. The summed E-state index contributed by atoms with van der Waals surface area (Å²) in [6.07, 6.45) is 1.87. The molecule has 18 heavy (non-hydrogen) atoms. The molecule has 0 aliphatic carbocycles. The van der Waals surface area contributed by atoms with E-state index in [1.807, 2.05) is 40.0 Å². The van der Waals surface area contributed by atoms with Crippen molar-refractivity contribution in [3.05, 3.63) is 23.9 Å². The molecular weight excluding hydrogens is 226 g/mol. The van der Waals surface area contributed by atoms with Crippen LogP contribution in [-0.4, -0.2) is 30.0 Å². The number of aromatic nitrogens is 1. The first-order chi connectivity index (χ1) is 8.36. The van der Waals surface area contributed by atoms with Crippen LogP contribution < -0.4 is 10.2 Å². The van der Waals surface area contributed by atoms with E-state index in [0.29, 0.717) is 0 Å². The Labute approximate surface area is 108 Å². The highest BCUT2D eigenvalue weighted by Crippen LogP contribution is 2.20. The zero-order valence-corrected chi connectivity index (χ0v) is 11.5. The lowest BCUT2D eigenvalue weighted by molar-refractivity contribution is -0.129. The van der Waals surface area contributed by atoms with E-state index in [4.69, 9.17) is 0 Å². The van der Waals surface area contributed by atoms with Crippen LogP contribution in [0.15, 0.2) is 18.3 Å². The summed E-state index contributed by atoms with van der Waals surface area (Å²) in [5, 5.41) is 3.06. The molecule has 0 radical (unpaired) electrons. The molecule has 0 aromatic carbocycles. The summed E-state index contributed by atoms with van der Waals surface area (Å²) in [5.41, 5.74) is 0.847. The molecule has 0 bridgehead atoms. The number of carbonyl (C=O) groups is 1. The van der Waals surface area contributed by atoms with Crippen molar-refractivity contribution in [3.63, 3.8) is 0 Å². The molecule has 98 valence electrons. The van der Waals surface area contributed by atoms with Crippen LogP contribution in [0.25, 0.3) is 0 Å². The molecule has 4 heteroatoms. The van der Waals surface area contributed by atoms with Gasteiger partial charge in [0.25, 0.3) is 0 Å². The maximum absolute atomic E-state index is 11.8. The average molecular weight is 247 g/mol. The van der Waals surface area contributed by atoms with Crippen molar-refractivity contribution in [2.24, 2.45) is 5.41 Å². The summed E-state index contributed by atoms with van der Waals surface area (Å²) in [4.78, 5) is 18.4. The molecule has 1 aliphatic heterocycles. The molecule has 1 N–H and O–H groups in total. The van der Waals surface area contributed by atoms with Gasteiger partial charge in [0, 0.05) is 24.7 Å². The summed E-state index contributed by atoms with van der Waals surface area (Å²) >= 11 is 0. The number of hydrogen-bond acceptors (Lipinski definition) is 3. The van der Waals surface area contributed by atoms with Crippen LogP contribution in [-0.2, 0) is 4.79 Å². The number of aryl methyl sites for hydroxylation is 1. The third kappa shape index (κ3) is 2.81. The standard InChI is InChI=1S/C14H21N3O/c1-10-5-6-12(15-7-10)17-8-11(9-17)16-13(18)14(2,3)4/h5-7,11H,8-9H2,1-4H3,(H,16,18). The summed E-state index contributed by atoms with van der Waals surface area (Å²) < 4.78 is 0. The van der Waals surface area contributed by atoms with Gasteiger partial charge in [-0.25, -0.2) is 4.98 Å². The van der Waals surface area contributed by atoms with Crippen LogP contribution in [0.1, 0.15) is 26.3 Å². The van der Waals surface area contributed by atoms with Crippen LogP contribution in [0.4, 0.5) is 5.82 Å². The minimum Gasteiger partial charge on any atom is -0.352 e. The fourth-order valence-corrected chi connectivity index (χ4v) is 1.81. The minimum absolute atomic E-state index is 0.115. The molecule has 2 rings (SSSR count). The van der Waals surface area contributed by atoms with Gasteiger partial charge < -0.3 is 10.2 Å². The Hall–Kier alpha value is -1.58. The normalized spacial score (nSPS) is 16.3. The van der Waals surface area contributed by atoms with Gasteiger partial charge in [-0.05, 0) is 18.6 Å². The molecule has 1 aromatic heterocycles. The first-order valence-corrected chi connectivity index (χ1v) is 6.35. The molecule has 0 spiro atoms. The highest BCUT2D eigenvalue weighted by Gasteiger charge is 2.31. The Morgan fingerprint density at radius 3 is 2.56 bits per heavy atom. The number of pyridine rings is 1. The van der Waals surface area contributed by atoms with Gasteiger partial charge in [0.15, 0.2) is 0 Å². The van der Waals surface area contributed by atoms with Crippen molar-refractivity contribution in [1.29, 1.82) is 0 Å². The fourth-order valence-electron chi connectivity index (χ4n) is 1.81. The zero-order valence-electron chi connectivity index (χ0n) is 11.5. The van der Waals surface area contributed by atoms with Crippen LogP contribution in [0.2, 0.25) is 0 Å². The third-order valence-electron chi connectivity index (χ3n) is 3.12. The average Bonchev–Trinajstić information content (AvgIpc) is 2.23. The van der Waals surface area contributed by atoms with Crippen LogP contribution in [0.5, 0.6) is 0 Å². The van der Waals surface area contributed by atoms with Gasteiger partial charge in [-0.3, -0.25) is 4.79 Å². The molecule has 1 fully saturated rings. The number of hydrogen-bond donors (Lipinski definition) is 1. The van der Waals surface area contributed by atoms with E-state index in [1.54, 1.807) is 0 Å². The fraction of sp³-hybridized carbons (Fsp3) is 0.571. The Morgan fingerprint density at radius 2 is 2.06 bits per heavy atom. The van der Waals surface area contributed by atoms with Crippen molar-refractivity contribution < 1.29 is 4.79 Å². The van der Waals surface area contributed by atoms with Gasteiger partial charge >= 0.3 is 0 Å². The Kier molecular flexibility index (Phi) is 3.28. The lowest BCUT2D eigenvalue weighted by Crippen LogP contribution is -2.61. The van der Waals surface area contributed by atoms with Crippen molar-refractivity contribution in [2.75, 3.05) is 18.0 Å². The highest BCUT2D eigenvalue weighted by molar-refractivity contribution is 5.82.